The van der Waals surface area contributed by atoms with E-state index in [1.54, 1.807) is 18.7 Å². The highest BCUT2D eigenvalue weighted by Gasteiger charge is 2.29. The maximum atomic E-state index is 13.2. The van der Waals surface area contributed by atoms with E-state index in [9.17, 15) is 13.6 Å². The third-order valence-corrected chi connectivity index (χ3v) is 2.85. The molecule has 0 rings (SSSR count). The zero-order valence-electron chi connectivity index (χ0n) is 11.4. The van der Waals surface area contributed by atoms with E-state index < -0.39 is 5.92 Å². The number of rotatable bonds is 8. The van der Waals surface area contributed by atoms with E-state index in [4.69, 9.17) is 0 Å². The molecule has 0 aliphatic carbocycles. The Morgan fingerprint density at radius 3 is 2.29 bits per heavy atom. The van der Waals surface area contributed by atoms with E-state index in [0.717, 1.165) is 6.42 Å². The lowest BCUT2D eigenvalue weighted by Crippen LogP contribution is -2.36. The first-order chi connectivity index (χ1) is 7.86. The van der Waals surface area contributed by atoms with Crippen molar-refractivity contribution in [2.75, 3.05) is 13.1 Å². The number of amides is 1. The summed E-state index contributed by atoms with van der Waals surface area (Å²) in [5, 5.41) is 0. The average molecular weight is 249 g/mol. The summed E-state index contributed by atoms with van der Waals surface area (Å²) in [4.78, 5) is 13.3. The highest BCUT2D eigenvalue weighted by atomic mass is 19.3. The fraction of sp³-hybridized carbons (Fsp3) is 0.923. The van der Waals surface area contributed by atoms with Gasteiger partial charge >= 0.3 is 0 Å². The number of alkyl halides is 2. The second-order valence-corrected chi connectivity index (χ2v) is 4.71. The summed E-state index contributed by atoms with van der Waals surface area (Å²) in [7, 11) is 0. The number of nitrogens with zero attached hydrogens (tertiary/aromatic N) is 1. The molecule has 1 unspecified atom stereocenters. The van der Waals surface area contributed by atoms with Crippen LogP contribution in [0.3, 0.4) is 0 Å². The van der Waals surface area contributed by atoms with Crippen LogP contribution in [0.5, 0.6) is 0 Å². The van der Waals surface area contributed by atoms with E-state index in [1.807, 2.05) is 6.92 Å². The van der Waals surface area contributed by atoms with Crippen molar-refractivity contribution in [2.45, 2.75) is 59.3 Å². The molecule has 0 N–H and O–H groups in total. The Bertz CT molecular complexity index is 231. The quantitative estimate of drug-likeness (QED) is 0.642. The van der Waals surface area contributed by atoms with Gasteiger partial charge in [0.05, 0.1) is 0 Å². The highest BCUT2D eigenvalue weighted by Crippen LogP contribution is 2.27. The summed E-state index contributed by atoms with van der Waals surface area (Å²) >= 11 is 0. The molecule has 0 saturated heterocycles. The van der Waals surface area contributed by atoms with Gasteiger partial charge in [0.2, 0.25) is 11.8 Å². The van der Waals surface area contributed by atoms with Gasteiger partial charge in [-0.2, -0.15) is 0 Å². The maximum absolute atomic E-state index is 13.2. The first-order valence-corrected chi connectivity index (χ1v) is 6.51. The van der Waals surface area contributed by atoms with Gasteiger partial charge in [-0.15, -0.1) is 0 Å². The van der Waals surface area contributed by atoms with Crippen LogP contribution in [0, 0.1) is 5.92 Å². The zero-order valence-corrected chi connectivity index (χ0v) is 11.4. The van der Waals surface area contributed by atoms with Crippen molar-refractivity contribution in [3.05, 3.63) is 0 Å². The topological polar surface area (TPSA) is 20.3 Å². The van der Waals surface area contributed by atoms with Crippen molar-refractivity contribution in [1.82, 2.24) is 4.90 Å². The van der Waals surface area contributed by atoms with E-state index in [1.165, 1.54) is 6.92 Å². The SMILES string of the molecule is CCCN(CC(C)CC(F)(F)CC)C(=O)CC. The summed E-state index contributed by atoms with van der Waals surface area (Å²) in [6.07, 6.45) is 1.03. The summed E-state index contributed by atoms with van der Waals surface area (Å²) in [5.41, 5.74) is 0. The largest absolute Gasteiger partial charge is 0.342 e. The number of hydrogen-bond acceptors (Lipinski definition) is 1. The Hall–Kier alpha value is -0.670. The monoisotopic (exact) mass is 249 g/mol. The van der Waals surface area contributed by atoms with Crippen LogP contribution < -0.4 is 0 Å². The lowest BCUT2D eigenvalue weighted by Gasteiger charge is -2.27. The van der Waals surface area contributed by atoms with Crippen molar-refractivity contribution < 1.29 is 13.6 Å². The molecular formula is C13H25F2NO. The predicted octanol–water partition coefficient (Wildman–Crippen LogP) is 3.71. The Labute approximate surface area is 103 Å². The van der Waals surface area contributed by atoms with Crippen LogP contribution in [0.1, 0.15) is 53.4 Å². The minimum atomic E-state index is -2.60. The molecule has 0 bridgehead atoms. The van der Waals surface area contributed by atoms with Gasteiger partial charge in [0.1, 0.15) is 0 Å². The second-order valence-electron chi connectivity index (χ2n) is 4.71. The molecular weight excluding hydrogens is 224 g/mol. The zero-order chi connectivity index (χ0) is 13.5. The van der Waals surface area contributed by atoms with Crippen LogP contribution in [0.2, 0.25) is 0 Å². The van der Waals surface area contributed by atoms with Gasteiger partial charge in [-0.3, -0.25) is 4.79 Å². The predicted molar refractivity (Wildman–Crippen MR) is 66.2 cm³/mol. The van der Waals surface area contributed by atoms with Gasteiger partial charge < -0.3 is 4.90 Å². The Morgan fingerprint density at radius 1 is 1.29 bits per heavy atom. The second kappa shape index (κ2) is 7.62. The molecule has 0 fully saturated rings. The van der Waals surface area contributed by atoms with Crippen LogP contribution in [0.4, 0.5) is 8.78 Å². The summed E-state index contributed by atoms with van der Waals surface area (Å²) in [6.45, 7) is 8.17. The minimum Gasteiger partial charge on any atom is -0.342 e. The molecule has 2 nitrogen and oxygen atoms in total. The Kier molecular flexibility index (Phi) is 7.32. The fourth-order valence-corrected chi connectivity index (χ4v) is 1.91. The van der Waals surface area contributed by atoms with E-state index in [0.29, 0.717) is 19.5 Å². The molecule has 0 aromatic heterocycles. The van der Waals surface area contributed by atoms with Gasteiger partial charge in [-0.1, -0.05) is 27.7 Å². The standard InChI is InChI=1S/C13H25F2NO/c1-5-8-16(12(17)6-2)10-11(4)9-13(14,15)7-3/h11H,5-10H2,1-4H3. The molecule has 0 radical (unpaired) electrons. The molecule has 17 heavy (non-hydrogen) atoms. The van der Waals surface area contributed by atoms with E-state index in [2.05, 4.69) is 0 Å². The van der Waals surface area contributed by atoms with Crippen LogP contribution in [-0.2, 0) is 4.79 Å². The summed E-state index contributed by atoms with van der Waals surface area (Å²) in [6, 6.07) is 0. The lowest BCUT2D eigenvalue weighted by molar-refractivity contribution is -0.132. The number of hydrogen-bond donors (Lipinski definition) is 0. The molecule has 0 aromatic rings. The van der Waals surface area contributed by atoms with E-state index in [-0.39, 0.29) is 24.7 Å². The molecule has 1 amide bonds. The average Bonchev–Trinajstić information content (AvgIpc) is 2.26. The fourth-order valence-electron chi connectivity index (χ4n) is 1.91. The molecule has 1 atom stereocenters. The molecule has 4 heteroatoms. The number of carbonyl (C=O) groups is 1. The van der Waals surface area contributed by atoms with Crippen molar-refractivity contribution in [3.63, 3.8) is 0 Å². The third-order valence-electron chi connectivity index (χ3n) is 2.85. The highest BCUT2D eigenvalue weighted by molar-refractivity contribution is 5.75. The first-order valence-electron chi connectivity index (χ1n) is 6.51. The van der Waals surface area contributed by atoms with Crippen molar-refractivity contribution in [2.24, 2.45) is 5.92 Å². The minimum absolute atomic E-state index is 0.0542. The van der Waals surface area contributed by atoms with Crippen molar-refractivity contribution >= 4 is 5.91 Å². The van der Waals surface area contributed by atoms with Crippen LogP contribution in [0.25, 0.3) is 0 Å². The van der Waals surface area contributed by atoms with Crippen molar-refractivity contribution in [1.29, 1.82) is 0 Å². The lowest BCUT2D eigenvalue weighted by atomic mass is 10.0. The van der Waals surface area contributed by atoms with Crippen LogP contribution in [-0.4, -0.2) is 29.8 Å². The van der Waals surface area contributed by atoms with Gasteiger partial charge in [-0.05, 0) is 12.3 Å². The normalized spacial score (nSPS) is 13.5. The van der Waals surface area contributed by atoms with Gasteiger partial charge in [-0.25, -0.2) is 8.78 Å². The summed E-state index contributed by atoms with van der Waals surface area (Å²) in [5.74, 6) is -2.71. The van der Waals surface area contributed by atoms with Gasteiger partial charge in [0, 0.05) is 32.4 Å². The molecule has 0 spiro atoms. The number of carbonyl (C=O) groups excluding carboxylic acids is 1. The Morgan fingerprint density at radius 2 is 1.88 bits per heavy atom. The van der Waals surface area contributed by atoms with Gasteiger partial charge in [0.25, 0.3) is 0 Å². The van der Waals surface area contributed by atoms with Crippen LogP contribution >= 0.6 is 0 Å². The maximum Gasteiger partial charge on any atom is 0.248 e. The van der Waals surface area contributed by atoms with E-state index >= 15 is 0 Å². The molecule has 102 valence electrons. The third kappa shape index (κ3) is 6.59. The molecule has 0 aliphatic heterocycles. The van der Waals surface area contributed by atoms with Gasteiger partial charge in [0.15, 0.2) is 0 Å². The molecule has 0 heterocycles. The van der Waals surface area contributed by atoms with Crippen LogP contribution in [0.15, 0.2) is 0 Å². The smallest absolute Gasteiger partial charge is 0.248 e. The number of halogens is 2. The molecule has 0 aromatic carbocycles. The van der Waals surface area contributed by atoms with Crippen molar-refractivity contribution in [3.8, 4) is 0 Å². The molecule has 0 aliphatic rings. The summed E-state index contributed by atoms with van der Waals surface area (Å²) < 4.78 is 26.4. The first kappa shape index (κ1) is 16.3. The Balaban J connectivity index is 4.30. The molecule has 0 saturated carbocycles.